The molecule has 0 aliphatic carbocycles. The van der Waals surface area contributed by atoms with Gasteiger partial charge >= 0.3 is 0 Å². The molecule has 0 bridgehead atoms. The number of nitrogens with zero attached hydrogens (tertiary/aromatic N) is 2. The predicted octanol–water partition coefficient (Wildman–Crippen LogP) is 0.708. The number of imide groups is 1. The van der Waals surface area contributed by atoms with Gasteiger partial charge in [0.05, 0.1) is 22.6 Å². The smallest absolute Gasteiger partial charge is 0.262 e. The van der Waals surface area contributed by atoms with E-state index in [9.17, 15) is 22.8 Å². The fourth-order valence-electron chi connectivity index (χ4n) is 3.38. The quantitative estimate of drug-likeness (QED) is 0.718. The molecule has 1 saturated heterocycles. The van der Waals surface area contributed by atoms with Crippen LogP contribution in [-0.4, -0.2) is 66.6 Å². The van der Waals surface area contributed by atoms with Crippen molar-refractivity contribution in [1.29, 1.82) is 0 Å². The maximum Gasteiger partial charge on any atom is 0.262 e. The number of amides is 3. The van der Waals surface area contributed by atoms with Crippen LogP contribution in [0.4, 0.5) is 0 Å². The summed E-state index contributed by atoms with van der Waals surface area (Å²) < 4.78 is 23.4. The van der Waals surface area contributed by atoms with Gasteiger partial charge in [-0.25, -0.2) is 8.42 Å². The van der Waals surface area contributed by atoms with E-state index in [1.54, 1.807) is 24.3 Å². The molecule has 2 heterocycles. The zero-order chi connectivity index (χ0) is 18.2. The molecule has 25 heavy (non-hydrogen) atoms. The molecule has 134 valence electrons. The maximum atomic E-state index is 12.7. The van der Waals surface area contributed by atoms with Crippen LogP contribution in [0.3, 0.4) is 0 Å². The van der Waals surface area contributed by atoms with E-state index in [0.717, 1.165) is 4.90 Å². The molecule has 1 aromatic carbocycles. The molecule has 0 unspecified atom stereocenters. The van der Waals surface area contributed by atoms with Crippen LogP contribution < -0.4 is 0 Å². The summed E-state index contributed by atoms with van der Waals surface area (Å²) in [7, 11) is -3.13. The van der Waals surface area contributed by atoms with Gasteiger partial charge in [-0.05, 0) is 25.0 Å². The molecular formula is C17H20N2O5S. The Bertz CT molecular complexity index is 798. The molecule has 0 saturated carbocycles. The fraction of sp³-hybridized carbons (Fsp3) is 0.471. The minimum atomic E-state index is -3.13. The normalized spacial score (nSPS) is 21.5. The van der Waals surface area contributed by atoms with Gasteiger partial charge in [0.2, 0.25) is 5.91 Å². The van der Waals surface area contributed by atoms with Gasteiger partial charge in [0.25, 0.3) is 11.8 Å². The van der Waals surface area contributed by atoms with Gasteiger partial charge < -0.3 is 4.90 Å². The second-order valence-electron chi connectivity index (χ2n) is 6.39. The van der Waals surface area contributed by atoms with Gasteiger partial charge in [-0.15, -0.1) is 0 Å². The first-order chi connectivity index (χ1) is 11.8. The molecule has 0 spiro atoms. The summed E-state index contributed by atoms with van der Waals surface area (Å²) in [4.78, 5) is 39.9. The number of fused-ring (bicyclic) bond motifs is 1. The average molecular weight is 364 g/mol. The fourth-order valence-corrected chi connectivity index (χ4v) is 5.11. The molecule has 2 aliphatic heterocycles. The Labute approximate surface area is 146 Å². The zero-order valence-electron chi connectivity index (χ0n) is 14.0. The summed E-state index contributed by atoms with van der Waals surface area (Å²) in [5.41, 5.74) is 0.594. The van der Waals surface area contributed by atoms with Gasteiger partial charge in [-0.3, -0.25) is 19.3 Å². The van der Waals surface area contributed by atoms with Crippen molar-refractivity contribution in [2.75, 3.05) is 24.6 Å². The van der Waals surface area contributed by atoms with Crippen LogP contribution >= 0.6 is 0 Å². The van der Waals surface area contributed by atoms with E-state index in [1.807, 2.05) is 6.92 Å². The SMILES string of the molecule is CCCN(C(=O)CN1C(=O)c2ccccc2C1=O)[C@@H]1CCS(=O)(=O)C1. The van der Waals surface area contributed by atoms with E-state index in [1.165, 1.54) is 4.90 Å². The summed E-state index contributed by atoms with van der Waals surface area (Å²) >= 11 is 0. The van der Waals surface area contributed by atoms with E-state index in [2.05, 4.69) is 0 Å². The molecule has 2 aliphatic rings. The number of hydrogen-bond acceptors (Lipinski definition) is 5. The second-order valence-corrected chi connectivity index (χ2v) is 8.61. The number of carbonyl (C=O) groups excluding carboxylic acids is 3. The summed E-state index contributed by atoms with van der Waals surface area (Å²) in [5.74, 6) is -1.34. The van der Waals surface area contributed by atoms with Crippen LogP contribution in [0.1, 0.15) is 40.5 Å². The lowest BCUT2D eigenvalue weighted by atomic mass is 10.1. The van der Waals surface area contributed by atoms with Crippen LogP contribution in [-0.2, 0) is 14.6 Å². The molecule has 1 fully saturated rings. The van der Waals surface area contributed by atoms with Crippen LogP contribution in [0.15, 0.2) is 24.3 Å². The molecule has 0 aromatic heterocycles. The Morgan fingerprint density at radius 2 is 1.80 bits per heavy atom. The first kappa shape index (κ1) is 17.6. The molecule has 7 nitrogen and oxygen atoms in total. The Balaban J connectivity index is 1.76. The molecule has 3 amide bonds. The largest absolute Gasteiger partial charge is 0.337 e. The van der Waals surface area contributed by atoms with Crippen LogP contribution in [0.2, 0.25) is 0 Å². The third-order valence-electron chi connectivity index (χ3n) is 4.61. The van der Waals surface area contributed by atoms with Crippen molar-refractivity contribution in [3.05, 3.63) is 35.4 Å². The zero-order valence-corrected chi connectivity index (χ0v) is 14.8. The average Bonchev–Trinajstić information content (AvgIpc) is 3.05. The van der Waals surface area contributed by atoms with E-state index in [4.69, 9.17) is 0 Å². The number of hydrogen-bond donors (Lipinski definition) is 0. The Morgan fingerprint density at radius 3 is 2.28 bits per heavy atom. The van der Waals surface area contributed by atoms with Crippen molar-refractivity contribution in [3.8, 4) is 0 Å². The molecule has 1 atom stereocenters. The maximum absolute atomic E-state index is 12.7. The van der Waals surface area contributed by atoms with Crippen LogP contribution in [0.25, 0.3) is 0 Å². The first-order valence-electron chi connectivity index (χ1n) is 8.29. The second kappa shape index (κ2) is 6.59. The summed E-state index contributed by atoms with van der Waals surface area (Å²) in [5, 5.41) is 0. The predicted molar refractivity (Wildman–Crippen MR) is 90.9 cm³/mol. The Hall–Kier alpha value is -2.22. The highest BCUT2D eigenvalue weighted by atomic mass is 32.2. The molecule has 3 rings (SSSR count). The number of rotatable bonds is 5. The Kier molecular flexibility index (Phi) is 4.64. The van der Waals surface area contributed by atoms with Crippen molar-refractivity contribution in [3.63, 3.8) is 0 Å². The van der Waals surface area contributed by atoms with E-state index in [-0.39, 0.29) is 24.1 Å². The third kappa shape index (κ3) is 3.30. The lowest BCUT2D eigenvalue weighted by Gasteiger charge is -2.29. The summed E-state index contributed by atoms with van der Waals surface area (Å²) in [6.07, 6.45) is 1.07. The molecule has 1 aromatic rings. The number of carbonyl (C=O) groups is 3. The van der Waals surface area contributed by atoms with Gasteiger partial charge in [-0.1, -0.05) is 19.1 Å². The highest BCUT2D eigenvalue weighted by Gasteiger charge is 2.39. The van der Waals surface area contributed by atoms with Crippen LogP contribution in [0, 0.1) is 0 Å². The van der Waals surface area contributed by atoms with Crippen molar-refractivity contribution < 1.29 is 22.8 Å². The van der Waals surface area contributed by atoms with Gasteiger partial charge in [0.1, 0.15) is 6.54 Å². The lowest BCUT2D eigenvalue weighted by molar-refractivity contribution is -0.133. The van der Waals surface area contributed by atoms with Gasteiger partial charge in [-0.2, -0.15) is 0 Å². The van der Waals surface area contributed by atoms with Gasteiger partial charge in [0.15, 0.2) is 9.84 Å². The number of sulfone groups is 1. The summed E-state index contributed by atoms with van der Waals surface area (Å²) in [6, 6.07) is 6.08. The highest BCUT2D eigenvalue weighted by molar-refractivity contribution is 7.91. The molecule has 0 radical (unpaired) electrons. The number of benzene rings is 1. The van der Waals surface area contributed by atoms with E-state index < -0.39 is 27.6 Å². The minimum Gasteiger partial charge on any atom is -0.337 e. The minimum absolute atomic E-state index is 0.0547. The highest BCUT2D eigenvalue weighted by Crippen LogP contribution is 2.23. The van der Waals surface area contributed by atoms with Gasteiger partial charge in [0, 0.05) is 12.6 Å². The van der Waals surface area contributed by atoms with Crippen LogP contribution in [0.5, 0.6) is 0 Å². The first-order valence-corrected chi connectivity index (χ1v) is 10.1. The van der Waals surface area contributed by atoms with Crippen molar-refractivity contribution >= 4 is 27.6 Å². The van der Waals surface area contributed by atoms with Crippen molar-refractivity contribution in [1.82, 2.24) is 9.80 Å². The molecule has 8 heteroatoms. The molecular weight excluding hydrogens is 344 g/mol. The van der Waals surface area contributed by atoms with E-state index >= 15 is 0 Å². The van der Waals surface area contributed by atoms with E-state index in [0.29, 0.717) is 30.5 Å². The molecule has 0 N–H and O–H groups in total. The topological polar surface area (TPSA) is 91.8 Å². The van der Waals surface area contributed by atoms with Crippen molar-refractivity contribution in [2.45, 2.75) is 25.8 Å². The monoisotopic (exact) mass is 364 g/mol. The van der Waals surface area contributed by atoms with Crippen molar-refractivity contribution in [2.24, 2.45) is 0 Å². The lowest BCUT2D eigenvalue weighted by Crippen LogP contribution is -2.47. The Morgan fingerprint density at radius 1 is 1.20 bits per heavy atom. The third-order valence-corrected chi connectivity index (χ3v) is 6.36. The summed E-state index contributed by atoms with van der Waals surface area (Å²) in [6.45, 7) is 1.94. The standard InChI is InChI=1S/C17H20N2O5S/c1-2-8-18(12-7-9-25(23,24)11-12)15(20)10-19-16(21)13-5-3-4-6-14(13)17(19)22/h3-6,12H,2,7-11H2,1H3/t12-/m1/s1.